The zero-order valence-corrected chi connectivity index (χ0v) is 15.9. The van der Waals surface area contributed by atoms with Crippen LogP contribution in [0.4, 0.5) is 0 Å². The van der Waals surface area contributed by atoms with Gasteiger partial charge >= 0.3 is 0 Å². The molecule has 2 aromatic heterocycles. The summed E-state index contributed by atoms with van der Waals surface area (Å²) in [5.74, 6) is 0.837. The van der Waals surface area contributed by atoms with Crippen LogP contribution in [0.25, 0.3) is 0 Å². The van der Waals surface area contributed by atoms with Crippen LogP contribution in [0, 0.1) is 11.8 Å². The minimum Gasteiger partial charge on any atom is -0.351 e. The Hall–Kier alpha value is -2.21. The maximum atomic E-state index is 12.6. The summed E-state index contributed by atoms with van der Waals surface area (Å²) in [6.07, 6.45) is 5.68. The Balaban J connectivity index is 1.52. The van der Waals surface area contributed by atoms with Crippen molar-refractivity contribution in [3.05, 3.63) is 52.5 Å². The number of piperidine rings is 1. The summed E-state index contributed by atoms with van der Waals surface area (Å²) in [4.78, 5) is 32.1. The van der Waals surface area contributed by atoms with Gasteiger partial charge in [0.05, 0.1) is 12.1 Å². The smallest absolute Gasteiger partial charge is 0.255 e. The van der Waals surface area contributed by atoms with Crippen LogP contribution in [0.2, 0.25) is 0 Å². The fourth-order valence-corrected chi connectivity index (χ4v) is 4.22. The quantitative estimate of drug-likeness (QED) is 0.847. The Morgan fingerprint density at radius 2 is 2.19 bits per heavy atom. The third-order valence-electron chi connectivity index (χ3n) is 5.10. The second-order valence-corrected chi connectivity index (χ2v) is 7.80. The highest BCUT2D eigenvalue weighted by atomic mass is 32.1. The molecular weight excluding hydrogens is 346 g/mol. The molecule has 2 amide bonds. The molecule has 1 N–H and O–H groups in total. The normalized spacial score (nSPS) is 20.0. The molecule has 0 radical (unpaired) electrons. The number of hydrogen-bond acceptors (Lipinski definition) is 4. The first-order chi connectivity index (χ1) is 12.7. The van der Waals surface area contributed by atoms with Gasteiger partial charge in [-0.25, -0.2) is 0 Å². The molecule has 1 fully saturated rings. The second-order valence-electron chi connectivity index (χ2n) is 6.77. The third-order valence-corrected chi connectivity index (χ3v) is 5.98. The van der Waals surface area contributed by atoms with Crippen LogP contribution < -0.4 is 5.32 Å². The summed E-state index contributed by atoms with van der Waals surface area (Å²) in [7, 11) is 0. The van der Waals surface area contributed by atoms with Gasteiger partial charge < -0.3 is 10.2 Å². The number of nitrogens with zero attached hydrogens (tertiary/aromatic N) is 2. The summed E-state index contributed by atoms with van der Waals surface area (Å²) < 4.78 is 0. The number of nitrogens with one attached hydrogen (secondary N) is 1. The summed E-state index contributed by atoms with van der Waals surface area (Å²) in [5, 5.41) is 5.04. The van der Waals surface area contributed by atoms with Crippen molar-refractivity contribution in [3.8, 4) is 0 Å². The first-order valence-corrected chi connectivity index (χ1v) is 10.0. The van der Waals surface area contributed by atoms with Crippen LogP contribution in [-0.2, 0) is 11.3 Å². The summed E-state index contributed by atoms with van der Waals surface area (Å²) in [6, 6.07) is 7.62. The van der Waals surface area contributed by atoms with E-state index in [0.717, 1.165) is 12.8 Å². The van der Waals surface area contributed by atoms with Gasteiger partial charge in [-0.2, -0.15) is 0 Å². The number of hydrogen-bond donors (Lipinski definition) is 1. The van der Waals surface area contributed by atoms with Gasteiger partial charge in [0.1, 0.15) is 0 Å². The van der Waals surface area contributed by atoms with Crippen molar-refractivity contribution in [2.45, 2.75) is 32.7 Å². The molecule has 2 unspecified atom stereocenters. The maximum Gasteiger partial charge on any atom is 0.255 e. The number of amides is 2. The van der Waals surface area contributed by atoms with E-state index in [-0.39, 0.29) is 11.8 Å². The van der Waals surface area contributed by atoms with Crippen LogP contribution in [0.15, 0.2) is 42.0 Å². The molecule has 0 spiro atoms. The van der Waals surface area contributed by atoms with E-state index in [1.54, 1.807) is 35.9 Å². The number of aromatic nitrogens is 1. The van der Waals surface area contributed by atoms with E-state index in [0.29, 0.717) is 43.5 Å². The zero-order chi connectivity index (χ0) is 18.4. The Bertz CT molecular complexity index is 718. The minimum absolute atomic E-state index is 0.0390. The van der Waals surface area contributed by atoms with Crippen LogP contribution in [-0.4, -0.2) is 34.8 Å². The van der Waals surface area contributed by atoms with Crippen molar-refractivity contribution >= 4 is 23.2 Å². The van der Waals surface area contributed by atoms with Gasteiger partial charge in [0, 0.05) is 36.8 Å². The summed E-state index contributed by atoms with van der Waals surface area (Å²) in [6.45, 7) is 4.16. The Kier molecular flexibility index (Phi) is 6.39. The highest BCUT2D eigenvalue weighted by Crippen LogP contribution is 2.29. The molecular formula is C20H25N3O2S. The fraction of sp³-hybridized carbons (Fsp3) is 0.450. The number of carbonyl (C=O) groups is 2. The van der Waals surface area contributed by atoms with Gasteiger partial charge in [-0.3, -0.25) is 14.6 Å². The molecule has 0 saturated carbocycles. The molecule has 1 saturated heterocycles. The largest absolute Gasteiger partial charge is 0.351 e. The van der Waals surface area contributed by atoms with Gasteiger partial charge in [0.25, 0.3) is 5.91 Å². The third kappa shape index (κ3) is 4.69. The van der Waals surface area contributed by atoms with E-state index >= 15 is 0 Å². The predicted molar refractivity (Wildman–Crippen MR) is 103 cm³/mol. The predicted octanol–water partition coefficient (Wildman–Crippen LogP) is 3.34. The molecule has 6 heteroatoms. The van der Waals surface area contributed by atoms with Gasteiger partial charge in [-0.15, -0.1) is 11.3 Å². The Morgan fingerprint density at radius 3 is 2.88 bits per heavy atom. The highest BCUT2D eigenvalue weighted by Gasteiger charge is 2.32. The fourth-order valence-electron chi connectivity index (χ4n) is 3.58. The molecule has 2 aromatic rings. The molecule has 1 aliphatic rings. The van der Waals surface area contributed by atoms with E-state index < -0.39 is 0 Å². The molecule has 2 atom stereocenters. The standard InChI is InChI=1S/C20H25N3O2S/c1-2-15-14-23(20(25)17-5-3-8-21-12-17)9-7-16(15)11-19(24)22-13-18-6-4-10-26-18/h3-6,8,10,12,15-16H,2,7,9,11,13-14H2,1H3,(H,22,24). The van der Waals surface area contributed by atoms with Gasteiger partial charge in [-0.05, 0) is 41.8 Å². The van der Waals surface area contributed by atoms with Crippen molar-refractivity contribution in [2.75, 3.05) is 13.1 Å². The first-order valence-electron chi connectivity index (χ1n) is 9.15. The number of pyridine rings is 1. The van der Waals surface area contributed by atoms with Crippen molar-refractivity contribution in [1.82, 2.24) is 15.2 Å². The average molecular weight is 372 g/mol. The maximum absolute atomic E-state index is 12.6. The lowest BCUT2D eigenvalue weighted by molar-refractivity contribution is -0.123. The molecule has 1 aliphatic heterocycles. The van der Waals surface area contributed by atoms with E-state index in [4.69, 9.17) is 0 Å². The van der Waals surface area contributed by atoms with Gasteiger partial charge in [0.15, 0.2) is 0 Å². The number of carbonyl (C=O) groups excluding carboxylic acids is 2. The molecule has 3 heterocycles. The lowest BCUT2D eigenvalue weighted by atomic mass is 9.81. The van der Waals surface area contributed by atoms with Crippen LogP contribution >= 0.6 is 11.3 Å². The first kappa shape index (κ1) is 18.6. The van der Waals surface area contributed by atoms with Crippen LogP contribution in [0.3, 0.4) is 0 Å². The molecule has 0 aromatic carbocycles. The lowest BCUT2D eigenvalue weighted by Crippen LogP contribution is -2.44. The highest BCUT2D eigenvalue weighted by molar-refractivity contribution is 7.09. The topological polar surface area (TPSA) is 62.3 Å². The Morgan fingerprint density at radius 1 is 1.31 bits per heavy atom. The van der Waals surface area contributed by atoms with Crippen LogP contribution in [0.5, 0.6) is 0 Å². The lowest BCUT2D eigenvalue weighted by Gasteiger charge is -2.38. The van der Waals surface area contributed by atoms with Gasteiger partial charge in [-0.1, -0.05) is 19.4 Å². The molecule has 0 bridgehead atoms. The minimum atomic E-state index is 0.0390. The molecule has 5 nitrogen and oxygen atoms in total. The summed E-state index contributed by atoms with van der Waals surface area (Å²) in [5.41, 5.74) is 0.634. The second kappa shape index (κ2) is 8.94. The SMILES string of the molecule is CCC1CN(C(=O)c2cccnc2)CCC1CC(=O)NCc1cccs1. The monoisotopic (exact) mass is 371 g/mol. The van der Waals surface area contributed by atoms with Crippen molar-refractivity contribution in [1.29, 1.82) is 0 Å². The average Bonchev–Trinajstić information content (AvgIpc) is 3.20. The van der Waals surface area contributed by atoms with Crippen molar-refractivity contribution in [2.24, 2.45) is 11.8 Å². The van der Waals surface area contributed by atoms with E-state index in [9.17, 15) is 9.59 Å². The number of likely N-dealkylation sites (tertiary alicyclic amines) is 1. The van der Waals surface area contributed by atoms with E-state index in [2.05, 4.69) is 17.2 Å². The number of thiophene rings is 1. The summed E-state index contributed by atoms with van der Waals surface area (Å²) >= 11 is 1.65. The van der Waals surface area contributed by atoms with E-state index in [1.807, 2.05) is 22.4 Å². The Labute approximate surface area is 158 Å². The molecule has 26 heavy (non-hydrogen) atoms. The zero-order valence-electron chi connectivity index (χ0n) is 15.1. The van der Waals surface area contributed by atoms with E-state index in [1.165, 1.54) is 4.88 Å². The van der Waals surface area contributed by atoms with Crippen LogP contribution in [0.1, 0.15) is 41.4 Å². The molecule has 0 aliphatic carbocycles. The number of rotatable bonds is 6. The molecule has 3 rings (SSSR count). The van der Waals surface area contributed by atoms with Crippen molar-refractivity contribution in [3.63, 3.8) is 0 Å². The molecule has 138 valence electrons. The van der Waals surface area contributed by atoms with Crippen molar-refractivity contribution < 1.29 is 9.59 Å². The van der Waals surface area contributed by atoms with Gasteiger partial charge in [0.2, 0.25) is 5.91 Å².